The number of phenolic OH excluding ortho intramolecular Hbond substituents is 1. The van der Waals surface area contributed by atoms with Crippen molar-refractivity contribution in [2.75, 3.05) is 13.2 Å². The van der Waals surface area contributed by atoms with E-state index < -0.39 is 6.61 Å². The summed E-state index contributed by atoms with van der Waals surface area (Å²) in [7, 11) is 0. The van der Waals surface area contributed by atoms with Gasteiger partial charge < -0.3 is 15.5 Å². The quantitative estimate of drug-likeness (QED) is 0.635. The van der Waals surface area contributed by atoms with Crippen LogP contribution in [0.3, 0.4) is 0 Å². The molecule has 0 unspecified atom stereocenters. The molecule has 1 aromatic carbocycles. The van der Waals surface area contributed by atoms with Crippen LogP contribution in [0.1, 0.15) is 5.56 Å². The van der Waals surface area contributed by atoms with E-state index in [4.69, 9.17) is 10.2 Å². The minimum atomic E-state index is -0.486. The predicted octanol–water partition coefficient (Wildman–Crippen LogP) is 0.0432. The largest absolute Gasteiger partial charge is 0.508 e. The van der Waals surface area contributed by atoms with E-state index in [1.54, 1.807) is 18.2 Å². The number of rotatable bonds is 4. The highest BCUT2D eigenvalue weighted by molar-refractivity contribution is 5.76. The molecule has 0 saturated carbocycles. The van der Waals surface area contributed by atoms with Gasteiger partial charge in [0.15, 0.2) is 0 Å². The minimum Gasteiger partial charge on any atom is -0.508 e. The zero-order valence-electron chi connectivity index (χ0n) is 7.73. The molecule has 0 bridgehead atoms. The molecule has 3 N–H and O–H groups in total. The molecule has 14 heavy (non-hydrogen) atoms. The maximum atomic E-state index is 10.7. The lowest BCUT2D eigenvalue weighted by atomic mass is 10.1. The van der Waals surface area contributed by atoms with E-state index in [2.05, 4.69) is 5.32 Å². The number of phenols is 1. The highest BCUT2D eigenvalue weighted by Gasteiger charge is 1.98. The van der Waals surface area contributed by atoms with Gasteiger partial charge in [-0.2, -0.15) is 0 Å². The van der Waals surface area contributed by atoms with Crippen molar-refractivity contribution >= 4 is 5.91 Å². The van der Waals surface area contributed by atoms with Gasteiger partial charge in [0.2, 0.25) is 5.91 Å². The van der Waals surface area contributed by atoms with E-state index in [0.717, 1.165) is 5.56 Å². The summed E-state index contributed by atoms with van der Waals surface area (Å²) in [4.78, 5) is 10.7. The standard InChI is InChI=1S/C10H13NO3/c12-7-10(14)11-5-4-8-2-1-3-9(13)6-8/h1-3,6,12-13H,4-5,7H2,(H,11,14). The van der Waals surface area contributed by atoms with E-state index in [-0.39, 0.29) is 11.7 Å². The number of hydrogen-bond acceptors (Lipinski definition) is 3. The summed E-state index contributed by atoms with van der Waals surface area (Å²) < 4.78 is 0. The number of carbonyl (C=O) groups excluding carboxylic acids is 1. The van der Waals surface area contributed by atoms with Crippen LogP contribution in [-0.4, -0.2) is 29.3 Å². The van der Waals surface area contributed by atoms with Gasteiger partial charge >= 0.3 is 0 Å². The highest BCUT2D eigenvalue weighted by atomic mass is 16.3. The topological polar surface area (TPSA) is 69.6 Å². The summed E-state index contributed by atoms with van der Waals surface area (Å²) in [6.07, 6.45) is 0.639. The van der Waals surface area contributed by atoms with Crippen LogP contribution in [0.4, 0.5) is 0 Å². The first-order valence-electron chi connectivity index (χ1n) is 4.38. The van der Waals surface area contributed by atoms with E-state index in [9.17, 15) is 4.79 Å². The molecule has 0 aromatic heterocycles. The number of aliphatic hydroxyl groups excluding tert-OH is 1. The zero-order valence-corrected chi connectivity index (χ0v) is 7.73. The Balaban J connectivity index is 2.35. The van der Waals surface area contributed by atoms with Crippen LogP contribution in [0, 0.1) is 0 Å². The Bertz CT molecular complexity index is 312. The summed E-state index contributed by atoms with van der Waals surface area (Å²) in [6, 6.07) is 6.85. The fourth-order valence-electron chi connectivity index (χ4n) is 1.11. The molecular weight excluding hydrogens is 182 g/mol. The van der Waals surface area contributed by atoms with Gasteiger partial charge in [0.1, 0.15) is 12.4 Å². The summed E-state index contributed by atoms with van der Waals surface area (Å²) in [5, 5.41) is 20.1. The second-order valence-electron chi connectivity index (χ2n) is 2.93. The van der Waals surface area contributed by atoms with Crippen LogP contribution in [-0.2, 0) is 11.2 Å². The van der Waals surface area contributed by atoms with Gasteiger partial charge in [-0.05, 0) is 24.1 Å². The van der Waals surface area contributed by atoms with Crippen molar-refractivity contribution in [3.63, 3.8) is 0 Å². The van der Waals surface area contributed by atoms with Crippen molar-refractivity contribution in [2.45, 2.75) is 6.42 Å². The molecule has 4 nitrogen and oxygen atoms in total. The van der Waals surface area contributed by atoms with E-state index in [1.807, 2.05) is 6.07 Å². The zero-order chi connectivity index (χ0) is 10.4. The maximum absolute atomic E-state index is 10.7. The van der Waals surface area contributed by atoms with Crippen molar-refractivity contribution in [2.24, 2.45) is 0 Å². The SMILES string of the molecule is O=C(CO)NCCc1cccc(O)c1. The second-order valence-corrected chi connectivity index (χ2v) is 2.93. The van der Waals surface area contributed by atoms with Crippen LogP contribution >= 0.6 is 0 Å². The summed E-state index contributed by atoms with van der Waals surface area (Å²) in [5.74, 6) is -0.166. The molecular formula is C10H13NO3. The Hall–Kier alpha value is -1.55. The summed E-state index contributed by atoms with van der Waals surface area (Å²) in [5.41, 5.74) is 0.947. The predicted molar refractivity (Wildman–Crippen MR) is 51.9 cm³/mol. The molecule has 0 aliphatic carbocycles. The van der Waals surface area contributed by atoms with Crippen LogP contribution in [0.2, 0.25) is 0 Å². The van der Waals surface area contributed by atoms with Crippen LogP contribution in [0.25, 0.3) is 0 Å². The van der Waals surface area contributed by atoms with Gasteiger partial charge in [0.25, 0.3) is 0 Å². The van der Waals surface area contributed by atoms with Gasteiger partial charge in [-0.3, -0.25) is 4.79 Å². The summed E-state index contributed by atoms with van der Waals surface area (Å²) >= 11 is 0. The van der Waals surface area contributed by atoms with Gasteiger partial charge in [0, 0.05) is 6.54 Å². The number of carbonyl (C=O) groups is 1. The number of aliphatic hydroxyl groups is 1. The van der Waals surface area contributed by atoms with Gasteiger partial charge in [-0.15, -0.1) is 0 Å². The molecule has 1 rings (SSSR count). The third kappa shape index (κ3) is 3.45. The first kappa shape index (κ1) is 10.5. The Kier molecular flexibility index (Phi) is 3.94. The van der Waals surface area contributed by atoms with Gasteiger partial charge in [-0.25, -0.2) is 0 Å². The van der Waals surface area contributed by atoms with Crippen LogP contribution in [0.15, 0.2) is 24.3 Å². The Morgan fingerprint density at radius 2 is 2.21 bits per heavy atom. The Morgan fingerprint density at radius 3 is 2.86 bits per heavy atom. The number of nitrogens with one attached hydrogen (secondary N) is 1. The number of hydrogen-bond donors (Lipinski definition) is 3. The number of amides is 1. The molecule has 1 amide bonds. The highest BCUT2D eigenvalue weighted by Crippen LogP contribution is 2.10. The lowest BCUT2D eigenvalue weighted by molar-refractivity contribution is -0.123. The average Bonchev–Trinajstić information content (AvgIpc) is 2.17. The molecule has 4 heteroatoms. The molecule has 0 radical (unpaired) electrons. The molecule has 0 aliphatic rings. The van der Waals surface area contributed by atoms with Crippen LogP contribution in [0.5, 0.6) is 5.75 Å². The monoisotopic (exact) mass is 195 g/mol. The van der Waals surface area contributed by atoms with Crippen molar-refractivity contribution < 1.29 is 15.0 Å². The molecule has 0 atom stereocenters. The smallest absolute Gasteiger partial charge is 0.245 e. The molecule has 76 valence electrons. The normalized spacial score (nSPS) is 9.79. The molecule has 0 aliphatic heterocycles. The van der Waals surface area contributed by atoms with Crippen LogP contribution < -0.4 is 5.32 Å². The number of benzene rings is 1. The Morgan fingerprint density at radius 1 is 1.43 bits per heavy atom. The van der Waals surface area contributed by atoms with E-state index in [0.29, 0.717) is 13.0 Å². The Labute approximate surface area is 82.2 Å². The van der Waals surface area contributed by atoms with E-state index >= 15 is 0 Å². The first-order valence-corrected chi connectivity index (χ1v) is 4.38. The number of aromatic hydroxyl groups is 1. The third-order valence-electron chi connectivity index (χ3n) is 1.79. The first-order chi connectivity index (χ1) is 6.72. The van der Waals surface area contributed by atoms with E-state index in [1.165, 1.54) is 0 Å². The summed E-state index contributed by atoms with van der Waals surface area (Å²) in [6.45, 7) is -0.0249. The minimum absolute atomic E-state index is 0.219. The van der Waals surface area contributed by atoms with Gasteiger partial charge in [0.05, 0.1) is 0 Å². The van der Waals surface area contributed by atoms with Crippen molar-refractivity contribution in [1.29, 1.82) is 0 Å². The second kappa shape index (κ2) is 5.24. The lowest BCUT2D eigenvalue weighted by Crippen LogP contribution is -2.28. The average molecular weight is 195 g/mol. The fourth-order valence-corrected chi connectivity index (χ4v) is 1.11. The molecule has 0 fully saturated rings. The van der Waals surface area contributed by atoms with Crippen molar-refractivity contribution in [3.8, 4) is 5.75 Å². The third-order valence-corrected chi connectivity index (χ3v) is 1.79. The van der Waals surface area contributed by atoms with Crippen molar-refractivity contribution in [1.82, 2.24) is 5.32 Å². The molecule has 1 aromatic rings. The molecule has 0 spiro atoms. The molecule has 0 heterocycles. The molecule has 0 saturated heterocycles. The maximum Gasteiger partial charge on any atom is 0.245 e. The van der Waals surface area contributed by atoms with Gasteiger partial charge in [-0.1, -0.05) is 12.1 Å². The lowest BCUT2D eigenvalue weighted by Gasteiger charge is -2.03. The fraction of sp³-hybridized carbons (Fsp3) is 0.300. The van der Waals surface area contributed by atoms with Crippen molar-refractivity contribution in [3.05, 3.63) is 29.8 Å².